The lowest BCUT2D eigenvalue weighted by Crippen LogP contribution is -2.44. The van der Waals surface area contributed by atoms with Crippen molar-refractivity contribution in [2.24, 2.45) is 0 Å². The number of rotatable bonds is 4. The van der Waals surface area contributed by atoms with E-state index in [-0.39, 0.29) is 24.8 Å². The van der Waals surface area contributed by atoms with E-state index in [2.05, 4.69) is 0 Å². The van der Waals surface area contributed by atoms with Gasteiger partial charge in [-0.2, -0.15) is 0 Å². The highest BCUT2D eigenvalue weighted by atomic mass is 16.5. The summed E-state index contributed by atoms with van der Waals surface area (Å²) in [6.45, 7) is 3.44. The molecule has 0 radical (unpaired) electrons. The molecular formula is C9H15NO3. The molecule has 0 bridgehead atoms. The molecule has 0 atom stereocenters. The van der Waals surface area contributed by atoms with E-state index in [1.54, 1.807) is 4.90 Å². The van der Waals surface area contributed by atoms with E-state index in [4.69, 9.17) is 4.74 Å². The number of amides is 1. The molecule has 0 N–H and O–H groups in total. The SMILES string of the molecule is CCCC(=O)CN1CCOCC1=O. The van der Waals surface area contributed by atoms with Gasteiger partial charge >= 0.3 is 0 Å². The van der Waals surface area contributed by atoms with Crippen molar-refractivity contribution in [3.63, 3.8) is 0 Å². The molecule has 1 amide bonds. The van der Waals surface area contributed by atoms with Crippen LogP contribution in [-0.2, 0) is 14.3 Å². The van der Waals surface area contributed by atoms with Crippen LogP contribution < -0.4 is 0 Å². The summed E-state index contributed by atoms with van der Waals surface area (Å²) in [5, 5.41) is 0. The van der Waals surface area contributed by atoms with Gasteiger partial charge in [0.25, 0.3) is 0 Å². The molecule has 0 unspecified atom stereocenters. The zero-order valence-electron chi connectivity index (χ0n) is 7.91. The van der Waals surface area contributed by atoms with Crippen molar-refractivity contribution in [2.45, 2.75) is 19.8 Å². The summed E-state index contributed by atoms with van der Waals surface area (Å²) in [7, 11) is 0. The van der Waals surface area contributed by atoms with Crippen molar-refractivity contribution >= 4 is 11.7 Å². The summed E-state index contributed by atoms with van der Waals surface area (Å²) in [6.07, 6.45) is 1.40. The molecule has 74 valence electrons. The smallest absolute Gasteiger partial charge is 0.249 e. The highest BCUT2D eigenvalue weighted by Crippen LogP contribution is 2.00. The molecule has 4 nitrogen and oxygen atoms in total. The molecule has 1 heterocycles. The van der Waals surface area contributed by atoms with Gasteiger partial charge in [0.1, 0.15) is 6.61 Å². The standard InChI is InChI=1S/C9H15NO3/c1-2-3-8(11)6-10-4-5-13-7-9(10)12/h2-7H2,1H3. The van der Waals surface area contributed by atoms with Crippen molar-refractivity contribution < 1.29 is 14.3 Å². The molecule has 0 aromatic carbocycles. The van der Waals surface area contributed by atoms with Crippen LogP contribution in [0.2, 0.25) is 0 Å². The zero-order valence-corrected chi connectivity index (χ0v) is 7.91. The molecule has 0 aromatic heterocycles. The minimum absolute atomic E-state index is 0.0734. The fraction of sp³-hybridized carbons (Fsp3) is 0.778. The van der Waals surface area contributed by atoms with Gasteiger partial charge < -0.3 is 9.64 Å². The predicted molar refractivity (Wildman–Crippen MR) is 47.3 cm³/mol. The lowest BCUT2D eigenvalue weighted by Gasteiger charge is -2.25. The third-order valence-corrected chi connectivity index (χ3v) is 1.98. The Labute approximate surface area is 77.8 Å². The number of ether oxygens (including phenoxy) is 1. The normalized spacial score (nSPS) is 17.6. The second kappa shape index (κ2) is 4.97. The molecule has 0 spiro atoms. The van der Waals surface area contributed by atoms with Gasteiger partial charge in [0.2, 0.25) is 5.91 Å². The summed E-state index contributed by atoms with van der Waals surface area (Å²) in [6, 6.07) is 0. The van der Waals surface area contributed by atoms with E-state index in [1.165, 1.54) is 0 Å². The van der Waals surface area contributed by atoms with Crippen LogP contribution in [0.3, 0.4) is 0 Å². The highest BCUT2D eigenvalue weighted by Gasteiger charge is 2.20. The Kier molecular flexibility index (Phi) is 3.89. The van der Waals surface area contributed by atoms with Crippen LogP contribution in [0, 0.1) is 0 Å². The first-order valence-electron chi connectivity index (χ1n) is 4.61. The van der Waals surface area contributed by atoms with Crippen molar-refractivity contribution in [3.05, 3.63) is 0 Å². The van der Waals surface area contributed by atoms with Crippen LogP contribution in [0.25, 0.3) is 0 Å². The van der Waals surface area contributed by atoms with E-state index in [0.29, 0.717) is 19.6 Å². The molecule has 1 fully saturated rings. The first-order chi connectivity index (χ1) is 6.24. The van der Waals surface area contributed by atoms with Gasteiger partial charge in [0.15, 0.2) is 5.78 Å². The number of carbonyl (C=O) groups excluding carboxylic acids is 2. The Morgan fingerprint density at radius 2 is 2.38 bits per heavy atom. The maximum atomic E-state index is 11.2. The van der Waals surface area contributed by atoms with E-state index in [1.807, 2.05) is 6.92 Å². The van der Waals surface area contributed by atoms with E-state index >= 15 is 0 Å². The Morgan fingerprint density at radius 3 is 3.00 bits per heavy atom. The lowest BCUT2D eigenvalue weighted by molar-refractivity contribution is -0.145. The maximum absolute atomic E-state index is 11.2. The monoisotopic (exact) mass is 185 g/mol. The minimum Gasteiger partial charge on any atom is -0.370 e. The summed E-state index contributed by atoms with van der Waals surface area (Å²) in [4.78, 5) is 24.0. The molecule has 0 aromatic rings. The number of hydrogen-bond acceptors (Lipinski definition) is 3. The van der Waals surface area contributed by atoms with Gasteiger partial charge in [-0.05, 0) is 6.42 Å². The first kappa shape index (κ1) is 10.2. The second-order valence-corrected chi connectivity index (χ2v) is 3.16. The Hall–Kier alpha value is -0.900. The number of carbonyl (C=O) groups is 2. The molecule has 1 saturated heterocycles. The lowest BCUT2D eigenvalue weighted by atomic mass is 10.2. The third-order valence-electron chi connectivity index (χ3n) is 1.98. The number of nitrogens with zero attached hydrogens (tertiary/aromatic N) is 1. The van der Waals surface area contributed by atoms with E-state index in [9.17, 15) is 9.59 Å². The van der Waals surface area contributed by atoms with Crippen LogP contribution in [0.15, 0.2) is 0 Å². The fourth-order valence-corrected chi connectivity index (χ4v) is 1.29. The maximum Gasteiger partial charge on any atom is 0.249 e. The van der Waals surface area contributed by atoms with E-state index in [0.717, 1.165) is 6.42 Å². The number of morpholine rings is 1. The van der Waals surface area contributed by atoms with Crippen LogP contribution in [0.1, 0.15) is 19.8 Å². The summed E-state index contributed by atoms with van der Waals surface area (Å²) >= 11 is 0. The van der Waals surface area contributed by atoms with Gasteiger partial charge in [0, 0.05) is 13.0 Å². The van der Waals surface area contributed by atoms with Crippen molar-refractivity contribution in [2.75, 3.05) is 26.3 Å². The Balaban J connectivity index is 2.33. The van der Waals surface area contributed by atoms with Crippen LogP contribution >= 0.6 is 0 Å². The largest absolute Gasteiger partial charge is 0.370 e. The average molecular weight is 185 g/mol. The second-order valence-electron chi connectivity index (χ2n) is 3.16. The average Bonchev–Trinajstić information content (AvgIpc) is 2.09. The molecule has 0 saturated carbocycles. The summed E-state index contributed by atoms with van der Waals surface area (Å²) in [5.74, 6) is 0.0634. The molecule has 1 aliphatic heterocycles. The quantitative estimate of drug-likeness (QED) is 0.629. The van der Waals surface area contributed by atoms with E-state index < -0.39 is 0 Å². The molecule has 13 heavy (non-hydrogen) atoms. The van der Waals surface area contributed by atoms with Crippen LogP contribution in [0.5, 0.6) is 0 Å². The van der Waals surface area contributed by atoms with Gasteiger partial charge in [-0.15, -0.1) is 0 Å². The topological polar surface area (TPSA) is 46.6 Å². The molecular weight excluding hydrogens is 170 g/mol. The first-order valence-corrected chi connectivity index (χ1v) is 4.61. The van der Waals surface area contributed by atoms with Gasteiger partial charge in [-0.3, -0.25) is 9.59 Å². The predicted octanol–water partition coefficient (Wildman–Crippen LogP) is 0.214. The third kappa shape index (κ3) is 3.14. The highest BCUT2D eigenvalue weighted by molar-refractivity contribution is 5.86. The zero-order chi connectivity index (χ0) is 9.68. The molecule has 1 rings (SSSR count). The summed E-state index contributed by atoms with van der Waals surface area (Å²) < 4.78 is 4.95. The number of Topliss-reactive ketones (excluding diaryl/α,β-unsaturated/α-hetero) is 1. The van der Waals surface area contributed by atoms with Crippen molar-refractivity contribution in [1.29, 1.82) is 0 Å². The van der Waals surface area contributed by atoms with Crippen molar-refractivity contribution in [1.82, 2.24) is 4.90 Å². The number of hydrogen-bond donors (Lipinski definition) is 0. The summed E-state index contributed by atoms with van der Waals surface area (Å²) in [5.41, 5.74) is 0. The van der Waals surface area contributed by atoms with Crippen molar-refractivity contribution in [3.8, 4) is 0 Å². The van der Waals surface area contributed by atoms with Crippen LogP contribution in [0.4, 0.5) is 0 Å². The molecule has 4 heteroatoms. The van der Waals surface area contributed by atoms with Gasteiger partial charge in [-0.1, -0.05) is 6.92 Å². The van der Waals surface area contributed by atoms with Gasteiger partial charge in [-0.25, -0.2) is 0 Å². The Morgan fingerprint density at radius 1 is 1.62 bits per heavy atom. The molecule has 0 aliphatic carbocycles. The minimum atomic E-state index is -0.0734. The Bertz CT molecular complexity index is 203. The molecule has 1 aliphatic rings. The number of ketones is 1. The fourth-order valence-electron chi connectivity index (χ4n) is 1.29. The van der Waals surface area contributed by atoms with Crippen LogP contribution in [-0.4, -0.2) is 42.9 Å². The van der Waals surface area contributed by atoms with Gasteiger partial charge in [0.05, 0.1) is 13.2 Å².